The van der Waals surface area contributed by atoms with Gasteiger partial charge in [0.25, 0.3) is 0 Å². The minimum atomic E-state index is -0.135. The van der Waals surface area contributed by atoms with Crippen molar-refractivity contribution in [3.05, 3.63) is 0 Å². The summed E-state index contributed by atoms with van der Waals surface area (Å²) in [5.74, 6) is 2.48. The third-order valence-corrected chi connectivity index (χ3v) is 8.46. The highest BCUT2D eigenvalue weighted by atomic mass is 16.6. The standard InChI is InChI=1S/C23H38O2/c1-2-23(17-19-11-12-20(23)15-19)25-21(24)22(13-7-4-8-14-22)16-18-9-5-3-6-10-18/h18-20H,2-17H2,1H3/t19-,20+,23-/m1/s1. The summed E-state index contributed by atoms with van der Waals surface area (Å²) in [6.07, 6.45) is 20.1. The molecule has 0 heterocycles. The molecule has 0 aliphatic heterocycles. The van der Waals surface area contributed by atoms with Crippen molar-refractivity contribution >= 4 is 5.97 Å². The van der Waals surface area contributed by atoms with Crippen molar-refractivity contribution in [1.29, 1.82) is 0 Å². The van der Waals surface area contributed by atoms with Gasteiger partial charge in [-0.05, 0) is 69.1 Å². The van der Waals surface area contributed by atoms with Crippen molar-refractivity contribution in [1.82, 2.24) is 0 Å². The summed E-state index contributed by atoms with van der Waals surface area (Å²) >= 11 is 0. The van der Waals surface area contributed by atoms with Crippen molar-refractivity contribution in [2.45, 2.75) is 115 Å². The Kier molecular flexibility index (Phi) is 5.17. The minimum Gasteiger partial charge on any atom is -0.458 e. The third-order valence-electron chi connectivity index (χ3n) is 8.46. The second-order valence-electron chi connectivity index (χ2n) is 9.94. The normalized spacial score (nSPS) is 38.0. The third kappa shape index (κ3) is 3.39. The van der Waals surface area contributed by atoms with Gasteiger partial charge in [0.15, 0.2) is 0 Å². The van der Waals surface area contributed by atoms with Crippen molar-refractivity contribution < 1.29 is 9.53 Å². The van der Waals surface area contributed by atoms with E-state index in [1.54, 1.807) is 0 Å². The molecule has 0 saturated heterocycles. The van der Waals surface area contributed by atoms with E-state index in [0.717, 1.165) is 43.9 Å². The topological polar surface area (TPSA) is 26.3 Å². The lowest BCUT2D eigenvalue weighted by atomic mass is 9.66. The molecule has 0 aromatic carbocycles. The summed E-state index contributed by atoms with van der Waals surface area (Å²) in [6.45, 7) is 2.25. The highest BCUT2D eigenvalue weighted by molar-refractivity contribution is 5.77. The zero-order valence-electron chi connectivity index (χ0n) is 16.4. The van der Waals surface area contributed by atoms with E-state index in [4.69, 9.17) is 4.74 Å². The summed E-state index contributed by atoms with van der Waals surface area (Å²) in [5, 5.41) is 0. The van der Waals surface area contributed by atoms with Crippen LogP contribution in [-0.4, -0.2) is 11.6 Å². The van der Waals surface area contributed by atoms with E-state index in [1.165, 1.54) is 70.6 Å². The lowest BCUT2D eigenvalue weighted by molar-refractivity contribution is -0.183. The lowest BCUT2D eigenvalue weighted by Crippen LogP contribution is -2.46. The highest BCUT2D eigenvalue weighted by Crippen LogP contribution is 2.55. The summed E-state index contributed by atoms with van der Waals surface area (Å²) in [6, 6.07) is 0. The first kappa shape index (κ1) is 17.9. The van der Waals surface area contributed by atoms with Crippen LogP contribution in [0.25, 0.3) is 0 Å². The zero-order chi connectivity index (χ0) is 17.3. The van der Waals surface area contributed by atoms with Gasteiger partial charge >= 0.3 is 5.97 Å². The maximum atomic E-state index is 13.6. The van der Waals surface area contributed by atoms with Gasteiger partial charge in [-0.2, -0.15) is 0 Å². The lowest BCUT2D eigenvalue weighted by Gasteiger charge is -2.43. The summed E-state index contributed by atoms with van der Waals surface area (Å²) < 4.78 is 6.53. The summed E-state index contributed by atoms with van der Waals surface area (Å²) in [5.41, 5.74) is -0.235. The Labute approximate surface area is 154 Å². The number of ether oxygens (including phenoxy) is 1. The van der Waals surface area contributed by atoms with Gasteiger partial charge in [-0.15, -0.1) is 0 Å². The first-order chi connectivity index (χ1) is 12.2. The number of rotatable bonds is 5. The fourth-order valence-electron chi connectivity index (χ4n) is 6.98. The maximum absolute atomic E-state index is 13.6. The monoisotopic (exact) mass is 346 g/mol. The van der Waals surface area contributed by atoms with Crippen molar-refractivity contribution in [2.75, 3.05) is 0 Å². The van der Waals surface area contributed by atoms with Gasteiger partial charge in [-0.3, -0.25) is 4.79 Å². The van der Waals surface area contributed by atoms with Crippen molar-refractivity contribution in [2.24, 2.45) is 23.2 Å². The van der Waals surface area contributed by atoms with Crippen LogP contribution in [0.3, 0.4) is 0 Å². The smallest absolute Gasteiger partial charge is 0.312 e. The second-order valence-corrected chi connectivity index (χ2v) is 9.94. The number of esters is 1. The molecular formula is C23H38O2. The number of fused-ring (bicyclic) bond motifs is 2. The molecule has 0 amide bonds. The summed E-state index contributed by atoms with van der Waals surface area (Å²) in [7, 11) is 0. The summed E-state index contributed by atoms with van der Waals surface area (Å²) in [4.78, 5) is 13.6. The van der Waals surface area contributed by atoms with Gasteiger partial charge in [-0.1, -0.05) is 58.3 Å². The van der Waals surface area contributed by atoms with E-state index in [0.29, 0.717) is 5.92 Å². The average molecular weight is 347 g/mol. The average Bonchev–Trinajstić information content (AvgIpc) is 3.25. The Morgan fingerprint density at radius 2 is 1.68 bits per heavy atom. The van der Waals surface area contributed by atoms with E-state index in [-0.39, 0.29) is 17.0 Å². The minimum absolute atomic E-state index is 0.100. The first-order valence-corrected chi connectivity index (χ1v) is 11.4. The Morgan fingerprint density at radius 3 is 2.28 bits per heavy atom. The molecule has 3 atom stereocenters. The molecule has 0 aromatic rings. The molecular weight excluding hydrogens is 308 g/mol. The van der Waals surface area contributed by atoms with Crippen LogP contribution in [0, 0.1) is 23.2 Å². The Bertz CT molecular complexity index is 472. The van der Waals surface area contributed by atoms with Crippen LogP contribution in [0.15, 0.2) is 0 Å². The Morgan fingerprint density at radius 1 is 0.960 bits per heavy atom. The second kappa shape index (κ2) is 7.24. The molecule has 142 valence electrons. The van der Waals surface area contributed by atoms with Crippen LogP contribution < -0.4 is 0 Å². The van der Waals surface area contributed by atoms with Crippen LogP contribution in [-0.2, 0) is 9.53 Å². The largest absolute Gasteiger partial charge is 0.458 e. The van der Waals surface area contributed by atoms with E-state index in [9.17, 15) is 4.79 Å². The van der Waals surface area contributed by atoms with Gasteiger partial charge in [0.05, 0.1) is 5.41 Å². The predicted molar refractivity (Wildman–Crippen MR) is 101 cm³/mol. The van der Waals surface area contributed by atoms with E-state index in [2.05, 4.69) is 6.92 Å². The van der Waals surface area contributed by atoms with Gasteiger partial charge in [0.2, 0.25) is 0 Å². The molecule has 4 fully saturated rings. The molecule has 25 heavy (non-hydrogen) atoms. The van der Waals surface area contributed by atoms with Gasteiger partial charge < -0.3 is 4.74 Å². The fourth-order valence-corrected chi connectivity index (χ4v) is 6.98. The van der Waals surface area contributed by atoms with E-state index >= 15 is 0 Å². The number of hydrogen-bond acceptors (Lipinski definition) is 2. The van der Waals surface area contributed by atoms with Gasteiger partial charge in [-0.25, -0.2) is 0 Å². The fraction of sp³-hybridized carbons (Fsp3) is 0.957. The first-order valence-electron chi connectivity index (χ1n) is 11.4. The molecule has 2 heteroatoms. The quantitative estimate of drug-likeness (QED) is 0.537. The van der Waals surface area contributed by atoms with Crippen molar-refractivity contribution in [3.8, 4) is 0 Å². The maximum Gasteiger partial charge on any atom is 0.312 e. The van der Waals surface area contributed by atoms with Crippen LogP contribution in [0.5, 0.6) is 0 Å². The molecule has 4 rings (SSSR count). The van der Waals surface area contributed by atoms with E-state index < -0.39 is 0 Å². The van der Waals surface area contributed by atoms with Gasteiger partial charge in [0.1, 0.15) is 5.60 Å². The molecule has 4 saturated carbocycles. The molecule has 0 unspecified atom stereocenters. The molecule has 2 bridgehead atoms. The number of hydrogen-bond donors (Lipinski definition) is 0. The van der Waals surface area contributed by atoms with Crippen LogP contribution in [0.2, 0.25) is 0 Å². The highest BCUT2D eigenvalue weighted by Gasteiger charge is 2.54. The van der Waals surface area contributed by atoms with Crippen LogP contribution >= 0.6 is 0 Å². The van der Waals surface area contributed by atoms with Gasteiger partial charge in [0, 0.05) is 0 Å². The number of carbonyl (C=O) groups excluding carboxylic acids is 1. The predicted octanol–water partition coefficient (Wildman–Crippen LogP) is 6.42. The van der Waals surface area contributed by atoms with E-state index in [1.807, 2.05) is 0 Å². The molecule has 2 nitrogen and oxygen atoms in total. The van der Waals surface area contributed by atoms with Crippen molar-refractivity contribution in [3.63, 3.8) is 0 Å². The SMILES string of the molecule is CC[C@@]1(OC(=O)C2(CC3CCCCC3)CCCCC2)C[C@@H]2CC[C@H]1C2. The van der Waals surface area contributed by atoms with Crippen LogP contribution in [0.1, 0.15) is 110 Å². The molecule has 0 spiro atoms. The van der Waals surface area contributed by atoms with Crippen LogP contribution in [0.4, 0.5) is 0 Å². The molecule has 0 radical (unpaired) electrons. The Balaban J connectivity index is 1.49. The Hall–Kier alpha value is -0.530. The zero-order valence-corrected chi connectivity index (χ0v) is 16.4. The molecule has 0 aromatic heterocycles. The molecule has 4 aliphatic carbocycles. The molecule has 0 N–H and O–H groups in total. The molecule has 4 aliphatic rings. The number of carbonyl (C=O) groups is 1.